The van der Waals surface area contributed by atoms with Crippen LogP contribution in [0, 0.1) is 5.41 Å². The van der Waals surface area contributed by atoms with Gasteiger partial charge in [-0.15, -0.1) is 0 Å². The minimum Gasteiger partial charge on any atom is -0.376 e. The summed E-state index contributed by atoms with van der Waals surface area (Å²) in [5.74, 6) is 0. The molecule has 0 fully saturated rings. The van der Waals surface area contributed by atoms with Crippen LogP contribution >= 0.6 is 0 Å². The second-order valence-electron chi connectivity index (χ2n) is 6.06. The van der Waals surface area contributed by atoms with Gasteiger partial charge >= 0.3 is 6.18 Å². The Kier molecular flexibility index (Phi) is 5.58. The van der Waals surface area contributed by atoms with E-state index in [2.05, 4.69) is 10.4 Å². The van der Waals surface area contributed by atoms with Crippen molar-refractivity contribution in [2.75, 3.05) is 5.32 Å². The quantitative estimate of drug-likeness (QED) is 0.615. The first-order valence-corrected chi connectivity index (χ1v) is 8.46. The SMILES string of the molecule is N=CCC(Nc1ccccc1)c1nn(-c2cccc(C(F)(F)F)c2)ccc1=O. The monoisotopic (exact) mass is 386 g/mol. The van der Waals surface area contributed by atoms with Gasteiger partial charge in [0.15, 0.2) is 0 Å². The van der Waals surface area contributed by atoms with E-state index < -0.39 is 17.8 Å². The van der Waals surface area contributed by atoms with E-state index in [0.717, 1.165) is 24.0 Å². The molecular weight excluding hydrogens is 369 g/mol. The first kappa shape index (κ1) is 19.3. The molecule has 8 heteroatoms. The summed E-state index contributed by atoms with van der Waals surface area (Å²) in [5, 5.41) is 14.8. The van der Waals surface area contributed by atoms with Crippen LogP contribution in [0.15, 0.2) is 71.7 Å². The highest BCUT2D eigenvalue weighted by atomic mass is 19.4. The second kappa shape index (κ2) is 8.08. The van der Waals surface area contributed by atoms with Crippen LogP contribution in [0.3, 0.4) is 0 Å². The molecule has 3 aromatic rings. The zero-order valence-corrected chi connectivity index (χ0v) is 14.6. The molecule has 0 amide bonds. The second-order valence-corrected chi connectivity index (χ2v) is 6.06. The maximum atomic E-state index is 13.0. The average Bonchev–Trinajstić information content (AvgIpc) is 2.68. The van der Waals surface area contributed by atoms with Crippen molar-refractivity contribution in [2.45, 2.75) is 18.6 Å². The smallest absolute Gasteiger partial charge is 0.376 e. The van der Waals surface area contributed by atoms with Gasteiger partial charge in [0, 0.05) is 24.4 Å². The first-order valence-electron chi connectivity index (χ1n) is 8.46. The van der Waals surface area contributed by atoms with Gasteiger partial charge in [0.05, 0.1) is 17.3 Å². The van der Waals surface area contributed by atoms with Crippen LogP contribution in [-0.2, 0) is 6.18 Å². The highest BCUT2D eigenvalue weighted by Crippen LogP contribution is 2.30. The number of aromatic nitrogens is 2. The Morgan fingerprint density at radius 3 is 2.54 bits per heavy atom. The minimum atomic E-state index is -4.48. The van der Waals surface area contributed by atoms with Crippen molar-refractivity contribution in [1.29, 1.82) is 5.41 Å². The lowest BCUT2D eigenvalue weighted by Gasteiger charge is -2.18. The van der Waals surface area contributed by atoms with E-state index in [-0.39, 0.29) is 23.2 Å². The van der Waals surface area contributed by atoms with Crippen LogP contribution in [-0.4, -0.2) is 16.0 Å². The van der Waals surface area contributed by atoms with E-state index in [1.54, 1.807) is 0 Å². The van der Waals surface area contributed by atoms with E-state index in [1.165, 1.54) is 29.1 Å². The van der Waals surface area contributed by atoms with E-state index >= 15 is 0 Å². The third-order valence-corrected chi connectivity index (χ3v) is 4.07. The van der Waals surface area contributed by atoms with Crippen LogP contribution in [0.2, 0.25) is 0 Å². The number of nitrogens with zero attached hydrogens (tertiary/aromatic N) is 2. The largest absolute Gasteiger partial charge is 0.416 e. The zero-order valence-electron chi connectivity index (χ0n) is 14.6. The summed E-state index contributed by atoms with van der Waals surface area (Å²) in [6.07, 6.45) is -1.80. The summed E-state index contributed by atoms with van der Waals surface area (Å²) in [7, 11) is 0. The molecule has 3 rings (SSSR count). The number of benzene rings is 2. The van der Waals surface area contributed by atoms with Crippen molar-refractivity contribution in [1.82, 2.24) is 9.78 Å². The van der Waals surface area contributed by atoms with Crippen LogP contribution in [0.1, 0.15) is 23.7 Å². The van der Waals surface area contributed by atoms with Crippen LogP contribution in [0.25, 0.3) is 5.69 Å². The molecule has 28 heavy (non-hydrogen) atoms. The van der Waals surface area contributed by atoms with Crippen molar-refractivity contribution in [3.8, 4) is 5.69 Å². The minimum absolute atomic E-state index is 0.118. The number of hydrogen-bond acceptors (Lipinski definition) is 4. The lowest BCUT2D eigenvalue weighted by molar-refractivity contribution is -0.137. The first-order chi connectivity index (χ1) is 13.4. The Labute approximate surface area is 159 Å². The third kappa shape index (κ3) is 4.46. The van der Waals surface area contributed by atoms with Gasteiger partial charge in [-0.3, -0.25) is 4.79 Å². The van der Waals surface area contributed by atoms with Gasteiger partial charge in [-0.2, -0.15) is 18.3 Å². The van der Waals surface area contributed by atoms with Crippen LogP contribution in [0.5, 0.6) is 0 Å². The van der Waals surface area contributed by atoms with Gasteiger partial charge in [-0.25, -0.2) is 4.68 Å². The Hall–Kier alpha value is -3.42. The van der Waals surface area contributed by atoms with Gasteiger partial charge in [-0.05, 0) is 36.5 Å². The molecule has 5 nitrogen and oxygen atoms in total. The summed E-state index contributed by atoms with van der Waals surface area (Å²) in [4.78, 5) is 12.4. The van der Waals surface area contributed by atoms with E-state index in [4.69, 9.17) is 5.41 Å². The number of para-hydroxylation sites is 1. The summed E-state index contributed by atoms with van der Waals surface area (Å²) >= 11 is 0. The molecule has 0 aliphatic carbocycles. The maximum Gasteiger partial charge on any atom is 0.416 e. The van der Waals surface area contributed by atoms with Crippen LogP contribution in [0.4, 0.5) is 18.9 Å². The fourth-order valence-corrected chi connectivity index (χ4v) is 2.72. The molecule has 0 spiro atoms. The van der Waals surface area contributed by atoms with Gasteiger partial charge in [0.2, 0.25) is 5.43 Å². The summed E-state index contributed by atoms with van der Waals surface area (Å²) < 4.78 is 40.2. The predicted molar refractivity (Wildman–Crippen MR) is 101 cm³/mol. The van der Waals surface area contributed by atoms with Crippen molar-refractivity contribution < 1.29 is 13.2 Å². The molecule has 2 N–H and O–H groups in total. The van der Waals surface area contributed by atoms with Gasteiger partial charge in [0.1, 0.15) is 5.69 Å². The third-order valence-electron chi connectivity index (χ3n) is 4.07. The highest BCUT2D eigenvalue weighted by molar-refractivity contribution is 5.57. The van der Waals surface area contributed by atoms with Crippen LogP contribution < -0.4 is 10.7 Å². The highest BCUT2D eigenvalue weighted by Gasteiger charge is 2.30. The Morgan fingerprint density at radius 1 is 1.11 bits per heavy atom. The van der Waals surface area contributed by atoms with Crippen molar-refractivity contribution in [2.24, 2.45) is 0 Å². The Bertz CT molecular complexity index is 1020. The maximum absolute atomic E-state index is 13.0. The van der Waals surface area contributed by atoms with Crippen molar-refractivity contribution in [3.63, 3.8) is 0 Å². The lowest BCUT2D eigenvalue weighted by Crippen LogP contribution is -2.24. The summed E-state index contributed by atoms with van der Waals surface area (Å²) in [6, 6.07) is 14.5. The van der Waals surface area contributed by atoms with Gasteiger partial charge in [-0.1, -0.05) is 24.3 Å². The molecule has 1 unspecified atom stereocenters. The molecule has 1 aromatic heterocycles. The number of alkyl halides is 3. The predicted octanol–water partition coefficient (Wildman–Crippen LogP) is 4.44. The topological polar surface area (TPSA) is 70.8 Å². The Balaban J connectivity index is 2.00. The van der Waals surface area contributed by atoms with E-state index in [0.29, 0.717) is 0 Å². The number of halogens is 3. The molecule has 0 aliphatic heterocycles. The fraction of sp³-hybridized carbons (Fsp3) is 0.150. The van der Waals surface area contributed by atoms with E-state index in [9.17, 15) is 18.0 Å². The average molecular weight is 386 g/mol. The van der Waals surface area contributed by atoms with Gasteiger partial charge < -0.3 is 10.7 Å². The zero-order chi connectivity index (χ0) is 20.1. The molecule has 2 aromatic carbocycles. The number of anilines is 1. The van der Waals surface area contributed by atoms with E-state index in [1.807, 2.05) is 30.3 Å². The molecule has 0 saturated carbocycles. The molecule has 144 valence electrons. The molecule has 0 radical (unpaired) electrons. The van der Waals surface area contributed by atoms with Crippen molar-refractivity contribution in [3.05, 3.63) is 88.3 Å². The molecule has 1 atom stereocenters. The molecule has 0 aliphatic rings. The fourth-order valence-electron chi connectivity index (χ4n) is 2.72. The number of nitrogens with one attached hydrogen (secondary N) is 2. The normalized spacial score (nSPS) is 12.4. The standard InChI is InChI=1S/C20H17F3N4O/c21-20(22,23)14-5-4-8-16(13-14)27-12-10-18(28)19(26-27)17(9-11-24)25-15-6-2-1-3-7-15/h1-8,10-13,17,24-25H,9H2. The Morgan fingerprint density at radius 2 is 1.86 bits per heavy atom. The van der Waals surface area contributed by atoms with Crippen molar-refractivity contribution >= 4 is 11.9 Å². The molecule has 1 heterocycles. The molecule has 0 saturated heterocycles. The summed E-state index contributed by atoms with van der Waals surface area (Å²) in [6.45, 7) is 0. The van der Waals surface area contributed by atoms with Gasteiger partial charge in [0.25, 0.3) is 0 Å². The molecular formula is C20H17F3N4O. The number of rotatable bonds is 6. The number of hydrogen-bond donors (Lipinski definition) is 2. The molecule has 0 bridgehead atoms. The lowest BCUT2D eigenvalue weighted by atomic mass is 10.1. The summed E-state index contributed by atoms with van der Waals surface area (Å²) in [5.41, 5.74) is -0.120.